The Morgan fingerprint density at radius 1 is 1.04 bits per heavy atom. The summed E-state index contributed by atoms with van der Waals surface area (Å²) >= 11 is 1.16. The highest BCUT2D eigenvalue weighted by atomic mass is 32.2. The number of nitrogens with zero attached hydrogens (tertiary/aromatic N) is 1. The maximum Gasteiger partial charge on any atom is 0.286 e. The number of benzene rings is 3. The van der Waals surface area contributed by atoms with Crippen LogP contribution < -0.4 is 4.74 Å². The third-order valence-corrected chi connectivity index (χ3v) is 4.67. The smallest absolute Gasteiger partial charge is 0.286 e. The van der Waals surface area contributed by atoms with E-state index in [1.54, 1.807) is 12.1 Å². The highest BCUT2D eigenvalue weighted by Gasteiger charge is 2.17. The monoisotopic (exact) mass is 389 g/mol. The van der Waals surface area contributed by atoms with Gasteiger partial charge >= 0.3 is 0 Å². The Bertz CT molecular complexity index is 980. The SMILES string of the molecule is O=[N+]([O-])c1cc(OCc2cc(F)ccc2F)ccc1Sc1ccc(O)cc1. The average molecular weight is 389 g/mol. The van der Waals surface area contributed by atoms with Crippen LogP contribution in [0.4, 0.5) is 14.5 Å². The molecule has 5 nitrogen and oxygen atoms in total. The second kappa shape index (κ2) is 8.05. The van der Waals surface area contributed by atoms with Crippen molar-refractivity contribution in [2.24, 2.45) is 0 Å². The molecule has 0 atom stereocenters. The van der Waals surface area contributed by atoms with Gasteiger partial charge in [-0.05, 0) is 54.6 Å². The van der Waals surface area contributed by atoms with Crippen LogP contribution >= 0.6 is 11.8 Å². The van der Waals surface area contributed by atoms with Crippen molar-refractivity contribution in [3.8, 4) is 11.5 Å². The maximum atomic E-state index is 13.6. The molecule has 138 valence electrons. The lowest BCUT2D eigenvalue weighted by Gasteiger charge is -2.09. The van der Waals surface area contributed by atoms with E-state index in [4.69, 9.17) is 4.74 Å². The number of aromatic hydroxyl groups is 1. The van der Waals surface area contributed by atoms with Gasteiger partial charge in [-0.2, -0.15) is 0 Å². The van der Waals surface area contributed by atoms with Crippen LogP contribution in [0.25, 0.3) is 0 Å². The molecule has 0 aromatic heterocycles. The second-order valence-electron chi connectivity index (χ2n) is 5.51. The molecule has 0 amide bonds. The van der Waals surface area contributed by atoms with Gasteiger partial charge in [0, 0.05) is 10.5 Å². The Labute approximate surface area is 157 Å². The van der Waals surface area contributed by atoms with E-state index in [0.29, 0.717) is 9.79 Å². The number of hydrogen-bond acceptors (Lipinski definition) is 5. The largest absolute Gasteiger partial charge is 0.508 e. The van der Waals surface area contributed by atoms with Crippen molar-refractivity contribution >= 4 is 17.4 Å². The molecule has 0 bridgehead atoms. The zero-order valence-corrected chi connectivity index (χ0v) is 14.6. The molecule has 0 aliphatic rings. The van der Waals surface area contributed by atoms with Gasteiger partial charge in [-0.25, -0.2) is 8.78 Å². The summed E-state index contributed by atoms with van der Waals surface area (Å²) in [5.41, 5.74) is -0.162. The molecule has 3 aromatic rings. The number of rotatable bonds is 6. The molecule has 0 unspecified atom stereocenters. The lowest BCUT2D eigenvalue weighted by molar-refractivity contribution is -0.387. The first kappa shape index (κ1) is 18.7. The number of nitro benzene ring substituents is 1. The van der Waals surface area contributed by atoms with Crippen molar-refractivity contribution in [3.05, 3.63) is 88.0 Å². The van der Waals surface area contributed by atoms with Crippen LogP contribution in [0, 0.1) is 21.7 Å². The number of ether oxygens (including phenoxy) is 1. The Balaban J connectivity index is 1.79. The van der Waals surface area contributed by atoms with Crippen molar-refractivity contribution in [1.82, 2.24) is 0 Å². The van der Waals surface area contributed by atoms with E-state index in [1.165, 1.54) is 30.3 Å². The lowest BCUT2D eigenvalue weighted by atomic mass is 10.2. The summed E-state index contributed by atoms with van der Waals surface area (Å²) in [6.07, 6.45) is 0. The highest BCUT2D eigenvalue weighted by Crippen LogP contribution is 2.37. The molecule has 8 heteroatoms. The van der Waals surface area contributed by atoms with Crippen LogP contribution in [0.3, 0.4) is 0 Å². The van der Waals surface area contributed by atoms with E-state index < -0.39 is 16.6 Å². The summed E-state index contributed by atoms with van der Waals surface area (Å²) in [4.78, 5) is 11.9. The number of hydrogen-bond donors (Lipinski definition) is 1. The van der Waals surface area contributed by atoms with Gasteiger partial charge in [0.05, 0.1) is 15.9 Å². The molecule has 1 N–H and O–H groups in total. The third kappa shape index (κ3) is 4.73. The van der Waals surface area contributed by atoms with Crippen LogP contribution in [0.15, 0.2) is 70.5 Å². The molecule has 27 heavy (non-hydrogen) atoms. The lowest BCUT2D eigenvalue weighted by Crippen LogP contribution is -2.00. The van der Waals surface area contributed by atoms with Crippen molar-refractivity contribution in [2.45, 2.75) is 16.4 Å². The predicted octanol–water partition coefficient (Wildman–Crippen LogP) is 5.31. The van der Waals surface area contributed by atoms with Crippen molar-refractivity contribution in [2.75, 3.05) is 0 Å². The zero-order valence-electron chi connectivity index (χ0n) is 13.8. The molecular weight excluding hydrogens is 376 g/mol. The van der Waals surface area contributed by atoms with Crippen LogP contribution in [0.5, 0.6) is 11.5 Å². The van der Waals surface area contributed by atoms with Gasteiger partial charge in [0.1, 0.15) is 29.7 Å². The van der Waals surface area contributed by atoms with Gasteiger partial charge in [-0.1, -0.05) is 11.8 Å². The number of halogens is 2. The highest BCUT2D eigenvalue weighted by molar-refractivity contribution is 7.99. The Morgan fingerprint density at radius 2 is 1.78 bits per heavy atom. The Hall–Kier alpha value is -3.13. The second-order valence-corrected chi connectivity index (χ2v) is 6.62. The minimum Gasteiger partial charge on any atom is -0.508 e. The molecule has 0 saturated heterocycles. The van der Waals surface area contributed by atoms with E-state index in [9.17, 15) is 24.0 Å². The van der Waals surface area contributed by atoms with Crippen LogP contribution in [-0.4, -0.2) is 10.0 Å². The summed E-state index contributed by atoms with van der Waals surface area (Å²) in [6.45, 7) is -0.259. The predicted molar refractivity (Wildman–Crippen MR) is 96.0 cm³/mol. The van der Waals surface area contributed by atoms with Crippen LogP contribution in [0.1, 0.15) is 5.56 Å². The Kier molecular flexibility index (Phi) is 5.56. The summed E-state index contributed by atoms with van der Waals surface area (Å²) in [7, 11) is 0. The Morgan fingerprint density at radius 3 is 2.48 bits per heavy atom. The van der Waals surface area contributed by atoms with Crippen LogP contribution in [0.2, 0.25) is 0 Å². The molecule has 0 aliphatic carbocycles. The third-order valence-electron chi connectivity index (χ3n) is 3.59. The van der Waals surface area contributed by atoms with Gasteiger partial charge < -0.3 is 9.84 Å². The van der Waals surface area contributed by atoms with Gasteiger partial charge in [-0.3, -0.25) is 10.1 Å². The average Bonchev–Trinajstić information content (AvgIpc) is 2.65. The van der Waals surface area contributed by atoms with Gasteiger partial charge in [0.2, 0.25) is 0 Å². The maximum absolute atomic E-state index is 13.6. The minimum absolute atomic E-state index is 0.0141. The molecule has 0 heterocycles. The molecule has 0 fully saturated rings. The normalized spacial score (nSPS) is 10.6. The zero-order chi connectivity index (χ0) is 19.4. The summed E-state index contributed by atoms with van der Waals surface area (Å²) in [6, 6.07) is 13.5. The van der Waals surface area contributed by atoms with E-state index in [1.807, 2.05) is 0 Å². The summed E-state index contributed by atoms with van der Waals surface area (Å²) < 4.78 is 32.2. The summed E-state index contributed by atoms with van der Waals surface area (Å²) in [5.74, 6) is -0.949. The quantitative estimate of drug-likeness (QED) is 0.457. The molecule has 0 radical (unpaired) electrons. The van der Waals surface area contributed by atoms with E-state index >= 15 is 0 Å². The first-order valence-electron chi connectivity index (χ1n) is 7.74. The number of phenols is 1. The van der Waals surface area contributed by atoms with E-state index in [-0.39, 0.29) is 29.4 Å². The fraction of sp³-hybridized carbons (Fsp3) is 0.0526. The summed E-state index contributed by atoms with van der Waals surface area (Å²) in [5, 5.41) is 20.7. The van der Waals surface area contributed by atoms with Crippen molar-refractivity contribution in [1.29, 1.82) is 0 Å². The topological polar surface area (TPSA) is 72.6 Å². The fourth-order valence-corrected chi connectivity index (χ4v) is 3.17. The molecule has 0 saturated carbocycles. The minimum atomic E-state index is -0.620. The van der Waals surface area contributed by atoms with Crippen LogP contribution in [-0.2, 0) is 6.61 Å². The molecule has 3 aromatic carbocycles. The first-order valence-corrected chi connectivity index (χ1v) is 8.56. The van der Waals surface area contributed by atoms with E-state index in [2.05, 4.69) is 0 Å². The van der Waals surface area contributed by atoms with Gasteiger partial charge in [0.15, 0.2) is 0 Å². The van der Waals surface area contributed by atoms with Crippen molar-refractivity contribution in [3.63, 3.8) is 0 Å². The van der Waals surface area contributed by atoms with Gasteiger partial charge in [-0.15, -0.1) is 0 Å². The molecule has 0 aliphatic heterocycles. The van der Waals surface area contributed by atoms with Gasteiger partial charge in [0.25, 0.3) is 5.69 Å². The molecule has 0 spiro atoms. The first-order chi connectivity index (χ1) is 12.9. The fourth-order valence-electron chi connectivity index (χ4n) is 2.27. The molecule has 3 rings (SSSR count). The number of phenolic OH excluding ortho intramolecular Hbond substituents is 1. The van der Waals surface area contributed by atoms with E-state index in [0.717, 1.165) is 30.0 Å². The standard InChI is InChI=1S/C19H13F2NO4S/c20-13-1-7-17(21)12(9-13)11-26-15-4-8-19(18(10-15)22(24)25)27-16-5-2-14(23)3-6-16/h1-10,23H,11H2. The number of nitro groups is 1. The van der Waals surface area contributed by atoms with Crippen molar-refractivity contribution < 1.29 is 23.5 Å². The molecular formula is C19H13F2NO4S.